The Balaban J connectivity index is 0.000000266. The number of allylic oxidation sites excluding steroid dienone is 1. The minimum absolute atomic E-state index is 0.294. The van der Waals surface area contributed by atoms with Crippen LogP contribution in [0.2, 0.25) is 0 Å². The third-order valence-electron chi connectivity index (χ3n) is 13.3. The Morgan fingerprint density at radius 3 is 1.57 bits per heavy atom. The molecule has 2 unspecified atom stereocenters. The summed E-state index contributed by atoms with van der Waals surface area (Å²) in [5, 5.41) is 0. The summed E-state index contributed by atoms with van der Waals surface area (Å²) in [5.41, 5.74) is 20.1. The van der Waals surface area contributed by atoms with Crippen LogP contribution in [0.15, 0.2) is 72.8 Å². The molecule has 0 saturated carbocycles. The highest BCUT2D eigenvalue weighted by molar-refractivity contribution is 5.64. The van der Waals surface area contributed by atoms with Gasteiger partial charge in [-0.05, 0) is 140 Å². The lowest BCUT2D eigenvalue weighted by Crippen LogP contribution is -2.34. The average Bonchev–Trinajstić information content (AvgIpc) is 3.63. The molecular weight excluding hydrogens is 737 g/mol. The number of hydrogen-bond donors (Lipinski definition) is 0. The molecular formula is C59H92N2. The largest absolute Gasteiger partial charge is 0.374 e. The summed E-state index contributed by atoms with van der Waals surface area (Å²) >= 11 is 0. The van der Waals surface area contributed by atoms with Gasteiger partial charge in [0.15, 0.2) is 0 Å². The molecule has 9 rings (SSSR count). The molecule has 61 heavy (non-hydrogen) atoms. The molecule has 0 N–H and O–H groups in total. The van der Waals surface area contributed by atoms with E-state index in [4.69, 9.17) is 0 Å². The summed E-state index contributed by atoms with van der Waals surface area (Å²) in [6, 6.07) is 25.2. The zero-order valence-electron chi connectivity index (χ0n) is 43.1. The zero-order chi connectivity index (χ0) is 46.1. The molecule has 5 aliphatic rings. The van der Waals surface area contributed by atoms with Crippen LogP contribution in [0.3, 0.4) is 0 Å². The summed E-state index contributed by atoms with van der Waals surface area (Å²) < 4.78 is 0. The molecule has 3 heterocycles. The highest BCUT2D eigenvalue weighted by Gasteiger charge is 2.32. The number of rotatable bonds is 0. The van der Waals surface area contributed by atoms with Crippen LogP contribution in [0.1, 0.15) is 189 Å². The molecule has 2 heteroatoms. The van der Waals surface area contributed by atoms with E-state index in [0.29, 0.717) is 22.7 Å². The Labute approximate surface area is 378 Å². The van der Waals surface area contributed by atoms with Crippen molar-refractivity contribution in [1.82, 2.24) is 0 Å². The van der Waals surface area contributed by atoms with Gasteiger partial charge in [-0.3, -0.25) is 0 Å². The summed E-state index contributed by atoms with van der Waals surface area (Å²) in [7, 11) is 2.15. The number of likely N-dealkylation sites (N-methyl/N-ethyl adjacent to an activating group) is 1. The molecule has 4 aromatic carbocycles. The van der Waals surface area contributed by atoms with Gasteiger partial charge in [-0.1, -0.05) is 192 Å². The molecule has 2 nitrogen and oxygen atoms in total. The van der Waals surface area contributed by atoms with Gasteiger partial charge >= 0.3 is 0 Å². The molecule has 0 fully saturated rings. The van der Waals surface area contributed by atoms with Gasteiger partial charge in [0.05, 0.1) is 0 Å². The van der Waals surface area contributed by atoms with Crippen LogP contribution in [-0.2, 0) is 25.7 Å². The van der Waals surface area contributed by atoms with E-state index in [2.05, 4.69) is 165 Å². The van der Waals surface area contributed by atoms with Gasteiger partial charge in [0, 0.05) is 38.1 Å². The maximum Gasteiger partial charge on any atom is 0.0431 e. The second-order valence-electron chi connectivity index (χ2n) is 18.4. The first-order chi connectivity index (χ1) is 29.1. The Morgan fingerprint density at radius 1 is 0.508 bits per heavy atom. The quantitative estimate of drug-likeness (QED) is 0.174. The maximum absolute atomic E-state index is 2.59. The van der Waals surface area contributed by atoms with Gasteiger partial charge in [0.25, 0.3) is 0 Å². The third kappa shape index (κ3) is 14.1. The van der Waals surface area contributed by atoms with E-state index < -0.39 is 0 Å². The monoisotopic (exact) mass is 829 g/mol. The average molecular weight is 829 g/mol. The van der Waals surface area contributed by atoms with Crippen molar-refractivity contribution in [2.75, 3.05) is 36.5 Å². The predicted octanol–water partition coefficient (Wildman–Crippen LogP) is 17.0. The number of hydrogen-bond acceptors (Lipinski definition) is 2. The van der Waals surface area contributed by atoms with Crippen LogP contribution in [0.5, 0.6) is 0 Å². The van der Waals surface area contributed by atoms with E-state index in [0.717, 1.165) is 0 Å². The molecule has 338 valence electrons. The lowest BCUT2D eigenvalue weighted by Gasteiger charge is -2.38. The molecule has 0 radical (unpaired) electrons. The van der Waals surface area contributed by atoms with E-state index in [1.807, 2.05) is 55.4 Å². The molecule has 0 spiro atoms. The van der Waals surface area contributed by atoms with Crippen molar-refractivity contribution in [2.45, 2.75) is 181 Å². The van der Waals surface area contributed by atoms with Gasteiger partial charge in [0.2, 0.25) is 0 Å². The first kappa shape index (κ1) is 53.4. The normalized spacial score (nSPS) is 18.5. The second-order valence-corrected chi connectivity index (χ2v) is 18.4. The van der Waals surface area contributed by atoms with Crippen LogP contribution in [0, 0.1) is 38.5 Å². The summed E-state index contributed by atoms with van der Waals surface area (Å²) in [6.45, 7) is 42.5. The van der Waals surface area contributed by atoms with E-state index in [-0.39, 0.29) is 0 Å². The second kappa shape index (κ2) is 25.4. The molecule has 0 amide bonds. The summed E-state index contributed by atoms with van der Waals surface area (Å²) in [5.74, 6) is 1.31. The van der Waals surface area contributed by atoms with Crippen LogP contribution >= 0.6 is 0 Å². The molecule has 2 atom stereocenters. The number of fused-ring (bicyclic) bond motifs is 3. The maximum atomic E-state index is 2.59. The minimum atomic E-state index is 0.294. The predicted molar refractivity (Wildman–Crippen MR) is 278 cm³/mol. The Morgan fingerprint density at radius 2 is 1.00 bits per heavy atom. The highest BCUT2D eigenvalue weighted by Crippen LogP contribution is 2.45. The van der Waals surface area contributed by atoms with Gasteiger partial charge in [-0.25, -0.2) is 0 Å². The van der Waals surface area contributed by atoms with Gasteiger partial charge in [0.1, 0.15) is 0 Å². The molecule has 0 bridgehead atoms. The third-order valence-corrected chi connectivity index (χ3v) is 13.3. The van der Waals surface area contributed by atoms with E-state index in [9.17, 15) is 0 Å². The smallest absolute Gasteiger partial charge is 0.0431 e. The van der Waals surface area contributed by atoms with Crippen LogP contribution in [0.4, 0.5) is 11.4 Å². The lowest BCUT2D eigenvalue weighted by molar-refractivity contribution is 0.259. The molecule has 0 saturated heterocycles. The Bertz CT molecular complexity index is 1910. The van der Waals surface area contributed by atoms with Gasteiger partial charge < -0.3 is 9.80 Å². The topological polar surface area (TPSA) is 6.48 Å². The number of benzene rings is 4. The number of aryl methyl sites for hydroxylation is 7. The fraction of sp³-hybridized carbons (Fsp3) is 0.559. The van der Waals surface area contributed by atoms with Crippen LogP contribution in [0.25, 0.3) is 6.08 Å². The van der Waals surface area contributed by atoms with E-state index in [1.54, 1.807) is 27.9 Å². The van der Waals surface area contributed by atoms with Crippen LogP contribution < -0.4 is 9.80 Å². The van der Waals surface area contributed by atoms with Crippen molar-refractivity contribution in [3.63, 3.8) is 0 Å². The number of anilines is 2. The Hall–Kier alpha value is -3.78. The fourth-order valence-electron chi connectivity index (χ4n) is 9.22. The lowest BCUT2D eigenvalue weighted by atomic mass is 9.67. The fourth-order valence-corrected chi connectivity index (χ4v) is 9.22. The van der Waals surface area contributed by atoms with Crippen molar-refractivity contribution in [3.05, 3.63) is 134 Å². The first-order valence-electron chi connectivity index (χ1n) is 24.7. The summed E-state index contributed by atoms with van der Waals surface area (Å²) in [6.07, 6.45) is 13.7. The first-order valence-corrected chi connectivity index (χ1v) is 24.7. The molecule has 2 aliphatic carbocycles. The zero-order valence-corrected chi connectivity index (χ0v) is 43.1. The van der Waals surface area contributed by atoms with Crippen LogP contribution in [-0.4, -0.2) is 26.7 Å². The Kier molecular flexibility index (Phi) is 22.2. The molecule has 4 aromatic rings. The minimum Gasteiger partial charge on any atom is -0.374 e. The van der Waals surface area contributed by atoms with Crippen molar-refractivity contribution >= 4 is 17.5 Å². The summed E-state index contributed by atoms with van der Waals surface area (Å²) in [4.78, 5) is 4.91. The standard InChI is InChI=1S/C14H20.C14H18.C13H17N.C10H13N.4C2H6/c2*1-10-5-6-13-11(2)14(3,4)8-7-12(13)9-10;1-10-8-11-4-2-6-14-7-3-5-12(9-10)13(11)14;1-8-3-4-10-9(7-8)5-6-11(10)2;4*1-2/h5-6,9,11H,7-8H2,1-4H3;5-9,11H,1-4H3;8-9H,2-7H2,1H3;3-4,7H,5-6H2,1-2H3;4*1-2H3. The van der Waals surface area contributed by atoms with Gasteiger partial charge in [-0.2, -0.15) is 0 Å². The van der Waals surface area contributed by atoms with E-state index >= 15 is 0 Å². The molecule has 3 aliphatic heterocycles. The van der Waals surface area contributed by atoms with Gasteiger partial charge in [-0.15, -0.1) is 0 Å². The highest BCUT2D eigenvalue weighted by atomic mass is 15.1. The van der Waals surface area contributed by atoms with Crippen molar-refractivity contribution in [3.8, 4) is 0 Å². The van der Waals surface area contributed by atoms with Crippen molar-refractivity contribution in [1.29, 1.82) is 0 Å². The van der Waals surface area contributed by atoms with E-state index in [1.165, 1.54) is 109 Å². The SMILES string of the molecule is CC.CC.CC.CC.Cc1cc2c3c(c1)CCCN3CCC2.Cc1ccc2c(c1)C=CC(C)(C)C2C.Cc1ccc2c(c1)CCC(C)(C)C2C.Cc1ccc2c(c1)CCN2C. The van der Waals surface area contributed by atoms with Crippen molar-refractivity contribution in [2.24, 2.45) is 10.8 Å². The molecule has 0 aromatic heterocycles. The van der Waals surface area contributed by atoms with Crippen molar-refractivity contribution < 1.29 is 0 Å². The number of nitrogens with zero attached hydrogens (tertiary/aromatic N) is 2.